The number of carbonyl (C=O) groups is 2. The van der Waals surface area contributed by atoms with Gasteiger partial charge in [0.1, 0.15) is 5.37 Å². The maximum Gasteiger partial charge on any atom is 0.238 e. The van der Waals surface area contributed by atoms with Gasteiger partial charge in [-0.25, -0.2) is 0 Å². The van der Waals surface area contributed by atoms with Gasteiger partial charge < -0.3 is 5.32 Å². The highest BCUT2D eigenvalue weighted by Gasteiger charge is 2.34. The topological polar surface area (TPSA) is 49.4 Å². The average Bonchev–Trinajstić information content (AvgIpc) is 2.98. The predicted molar refractivity (Wildman–Crippen MR) is 99.1 cm³/mol. The average molecular weight is 340 g/mol. The molecule has 0 spiro atoms. The van der Waals surface area contributed by atoms with Gasteiger partial charge in [0, 0.05) is 17.8 Å². The number of benzene rings is 2. The first kappa shape index (κ1) is 16.6. The normalized spacial score (nSPS) is 17.1. The highest BCUT2D eigenvalue weighted by Crippen LogP contribution is 2.42. The van der Waals surface area contributed by atoms with E-state index >= 15 is 0 Å². The van der Waals surface area contributed by atoms with Gasteiger partial charge in [-0.2, -0.15) is 0 Å². The Bertz CT molecular complexity index is 733. The molecule has 0 saturated carbocycles. The summed E-state index contributed by atoms with van der Waals surface area (Å²) in [5.41, 5.74) is 2.70. The number of nitrogens with one attached hydrogen (secondary N) is 1. The summed E-state index contributed by atoms with van der Waals surface area (Å²) < 4.78 is 0. The summed E-state index contributed by atoms with van der Waals surface area (Å²) >= 11 is 1.61. The van der Waals surface area contributed by atoms with E-state index in [0.29, 0.717) is 12.2 Å². The van der Waals surface area contributed by atoms with Crippen molar-refractivity contribution in [2.45, 2.75) is 25.1 Å². The molecule has 1 aliphatic rings. The molecule has 2 aromatic carbocycles. The standard InChI is InChI=1S/C19H20N2O2S/c1-2-7-17(22)20-15-9-6-8-14(12-15)19-21(18(23)13-24-19)16-10-4-3-5-11-16/h3-6,8-12,19H,2,7,13H2,1H3,(H,20,22)/t19-/m1/s1. The van der Waals surface area contributed by atoms with Crippen LogP contribution in [0.2, 0.25) is 0 Å². The van der Waals surface area contributed by atoms with Gasteiger partial charge in [-0.15, -0.1) is 11.8 Å². The first-order chi connectivity index (χ1) is 11.7. The maximum absolute atomic E-state index is 12.3. The minimum Gasteiger partial charge on any atom is -0.326 e. The maximum atomic E-state index is 12.3. The summed E-state index contributed by atoms with van der Waals surface area (Å²) in [5, 5.41) is 2.85. The smallest absolute Gasteiger partial charge is 0.238 e. The fourth-order valence-corrected chi connectivity index (χ4v) is 3.93. The fourth-order valence-electron chi connectivity index (χ4n) is 2.76. The van der Waals surface area contributed by atoms with E-state index in [9.17, 15) is 9.59 Å². The van der Waals surface area contributed by atoms with Crippen LogP contribution in [0.3, 0.4) is 0 Å². The first-order valence-corrected chi connectivity index (χ1v) is 9.12. The van der Waals surface area contributed by atoms with Gasteiger partial charge in [0.15, 0.2) is 0 Å². The van der Waals surface area contributed by atoms with Gasteiger partial charge in [-0.3, -0.25) is 14.5 Å². The Morgan fingerprint density at radius 2 is 2.00 bits per heavy atom. The zero-order valence-corrected chi connectivity index (χ0v) is 14.4. The summed E-state index contributed by atoms with van der Waals surface area (Å²) in [6.45, 7) is 1.98. The number of hydrogen-bond acceptors (Lipinski definition) is 3. The number of hydrogen-bond donors (Lipinski definition) is 1. The van der Waals surface area contributed by atoms with E-state index in [2.05, 4.69) is 5.32 Å². The number of para-hydroxylation sites is 1. The Hall–Kier alpha value is -2.27. The van der Waals surface area contributed by atoms with Crippen molar-refractivity contribution in [1.29, 1.82) is 0 Å². The summed E-state index contributed by atoms with van der Waals surface area (Å²) in [6.07, 6.45) is 1.33. The lowest BCUT2D eigenvalue weighted by Crippen LogP contribution is -2.27. The summed E-state index contributed by atoms with van der Waals surface area (Å²) in [6, 6.07) is 17.5. The molecule has 1 atom stereocenters. The molecular weight excluding hydrogens is 320 g/mol. The monoisotopic (exact) mass is 340 g/mol. The molecule has 24 heavy (non-hydrogen) atoms. The van der Waals surface area contributed by atoms with Crippen LogP contribution in [0.4, 0.5) is 11.4 Å². The molecule has 0 aliphatic carbocycles. The number of thioether (sulfide) groups is 1. The van der Waals surface area contributed by atoms with Crippen molar-refractivity contribution in [3.8, 4) is 0 Å². The van der Waals surface area contributed by atoms with Gasteiger partial charge in [0.25, 0.3) is 0 Å². The zero-order valence-electron chi connectivity index (χ0n) is 13.6. The summed E-state index contributed by atoms with van der Waals surface area (Å²) in [5.74, 6) is 0.591. The van der Waals surface area contributed by atoms with Gasteiger partial charge in [0.05, 0.1) is 5.75 Å². The Morgan fingerprint density at radius 1 is 1.21 bits per heavy atom. The highest BCUT2D eigenvalue weighted by atomic mass is 32.2. The van der Waals surface area contributed by atoms with Crippen molar-refractivity contribution in [3.63, 3.8) is 0 Å². The lowest BCUT2D eigenvalue weighted by atomic mass is 10.1. The fraction of sp³-hybridized carbons (Fsp3) is 0.263. The van der Waals surface area contributed by atoms with Crippen LogP contribution in [0, 0.1) is 0 Å². The van der Waals surface area contributed by atoms with E-state index in [1.54, 1.807) is 11.8 Å². The molecule has 124 valence electrons. The van der Waals surface area contributed by atoms with Crippen LogP contribution < -0.4 is 10.2 Å². The third kappa shape index (κ3) is 3.62. The largest absolute Gasteiger partial charge is 0.326 e. The van der Waals surface area contributed by atoms with Crippen molar-refractivity contribution in [2.24, 2.45) is 0 Å². The number of rotatable bonds is 5. The molecule has 5 heteroatoms. The van der Waals surface area contributed by atoms with E-state index in [0.717, 1.165) is 23.4 Å². The lowest BCUT2D eigenvalue weighted by molar-refractivity contribution is -0.116. The van der Waals surface area contributed by atoms with Crippen LogP contribution in [-0.4, -0.2) is 17.6 Å². The second kappa shape index (κ2) is 7.53. The third-order valence-electron chi connectivity index (χ3n) is 3.83. The van der Waals surface area contributed by atoms with Crippen molar-refractivity contribution >= 4 is 35.0 Å². The van der Waals surface area contributed by atoms with Crippen molar-refractivity contribution in [1.82, 2.24) is 0 Å². The SMILES string of the molecule is CCCC(=O)Nc1cccc([C@H]2SCC(=O)N2c2ccccc2)c1. The quantitative estimate of drug-likeness (QED) is 0.887. The number of nitrogens with zero attached hydrogens (tertiary/aromatic N) is 1. The molecule has 0 aromatic heterocycles. The molecule has 4 nitrogen and oxygen atoms in total. The molecule has 2 aromatic rings. The number of amides is 2. The summed E-state index contributed by atoms with van der Waals surface area (Å²) in [4.78, 5) is 26.0. The van der Waals surface area contributed by atoms with Crippen LogP contribution >= 0.6 is 11.8 Å². The Morgan fingerprint density at radius 3 is 2.75 bits per heavy atom. The Labute approximate surface area is 146 Å². The Kier molecular flexibility index (Phi) is 5.20. The van der Waals surface area contributed by atoms with E-state index in [4.69, 9.17) is 0 Å². The predicted octanol–water partition coefficient (Wildman–Crippen LogP) is 4.20. The third-order valence-corrected chi connectivity index (χ3v) is 5.05. The van der Waals surface area contributed by atoms with Crippen molar-refractivity contribution in [3.05, 3.63) is 60.2 Å². The van der Waals surface area contributed by atoms with Gasteiger partial charge in [0.2, 0.25) is 11.8 Å². The molecule has 1 N–H and O–H groups in total. The second-order valence-corrected chi connectivity index (χ2v) is 6.75. The van der Waals surface area contributed by atoms with Crippen molar-refractivity contribution < 1.29 is 9.59 Å². The van der Waals surface area contributed by atoms with Crippen LogP contribution in [-0.2, 0) is 9.59 Å². The molecule has 3 rings (SSSR count). The molecule has 1 fully saturated rings. The van der Waals surface area contributed by atoms with Crippen LogP contribution in [0.15, 0.2) is 54.6 Å². The summed E-state index contributed by atoms with van der Waals surface area (Å²) in [7, 11) is 0. The highest BCUT2D eigenvalue weighted by molar-refractivity contribution is 8.00. The van der Waals surface area contributed by atoms with Crippen molar-refractivity contribution in [2.75, 3.05) is 16.0 Å². The number of anilines is 2. The molecule has 2 amide bonds. The molecular formula is C19H20N2O2S. The van der Waals surface area contributed by atoms with Gasteiger partial charge in [-0.05, 0) is 36.2 Å². The van der Waals surface area contributed by atoms with Gasteiger partial charge >= 0.3 is 0 Å². The second-order valence-electron chi connectivity index (χ2n) is 5.69. The zero-order chi connectivity index (χ0) is 16.9. The van der Waals surface area contributed by atoms with Crippen LogP contribution in [0.25, 0.3) is 0 Å². The molecule has 0 unspecified atom stereocenters. The molecule has 1 saturated heterocycles. The van der Waals surface area contributed by atoms with Gasteiger partial charge in [-0.1, -0.05) is 37.3 Å². The Balaban J connectivity index is 1.85. The van der Waals surface area contributed by atoms with Crippen LogP contribution in [0.5, 0.6) is 0 Å². The van der Waals surface area contributed by atoms with E-state index in [-0.39, 0.29) is 17.2 Å². The van der Waals surface area contributed by atoms with E-state index < -0.39 is 0 Å². The van der Waals surface area contributed by atoms with Crippen LogP contribution in [0.1, 0.15) is 30.7 Å². The molecule has 0 bridgehead atoms. The van der Waals surface area contributed by atoms with E-state index in [1.165, 1.54) is 0 Å². The lowest BCUT2D eigenvalue weighted by Gasteiger charge is -2.24. The minimum absolute atomic E-state index is 0.0183. The first-order valence-electron chi connectivity index (χ1n) is 8.07. The van der Waals surface area contributed by atoms with E-state index in [1.807, 2.05) is 66.4 Å². The number of carbonyl (C=O) groups excluding carboxylic acids is 2. The molecule has 1 aliphatic heterocycles. The minimum atomic E-state index is -0.0667. The molecule has 1 heterocycles. The molecule has 0 radical (unpaired) electrons.